The third kappa shape index (κ3) is 1.62. The van der Waals surface area contributed by atoms with Crippen LogP contribution in [0, 0.1) is 11.3 Å². The number of aliphatic hydroxyl groups is 1. The SMILES string of the molecule is CCC(O)C1(C2CCNCC2)CC1. The molecule has 0 radical (unpaired) electrons. The van der Waals surface area contributed by atoms with Crippen molar-refractivity contribution in [1.29, 1.82) is 0 Å². The first-order valence-electron chi connectivity index (χ1n) is 5.68. The van der Waals surface area contributed by atoms with Crippen LogP contribution in [0.3, 0.4) is 0 Å². The zero-order valence-corrected chi connectivity index (χ0v) is 8.55. The predicted molar refractivity (Wildman–Crippen MR) is 53.6 cm³/mol. The highest BCUT2D eigenvalue weighted by Gasteiger charge is 2.53. The van der Waals surface area contributed by atoms with Gasteiger partial charge in [0, 0.05) is 0 Å². The molecule has 0 aromatic rings. The topological polar surface area (TPSA) is 32.3 Å². The second-order valence-corrected chi connectivity index (χ2v) is 4.68. The summed E-state index contributed by atoms with van der Waals surface area (Å²) in [5, 5.41) is 13.4. The van der Waals surface area contributed by atoms with Crippen molar-refractivity contribution in [3.63, 3.8) is 0 Å². The second-order valence-electron chi connectivity index (χ2n) is 4.68. The summed E-state index contributed by atoms with van der Waals surface area (Å²) in [6.45, 7) is 4.41. The minimum Gasteiger partial charge on any atom is -0.393 e. The van der Waals surface area contributed by atoms with Crippen LogP contribution in [0.2, 0.25) is 0 Å². The lowest BCUT2D eigenvalue weighted by Crippen LogP contribution is -2.37. The summed E-state index contributed by atoms with van der Waals surface area (Å²) in [5.41, 5.74) is 0.344. The summed E-state index contributed by atoms with van der Waals surface area (Å²) in [6.07, 6.45) is 5.99. The molecule has 2 heteroatoms. The van der Waals surface area contributed by atoms with Crippen LogP contribution in [0.1, 0.15) is 39.0 Å². The van der Waals surface area contributed by atoms with Gasteiger partial charge in [0.05, 0.1) is 6.10 Å². The van der Waals surface area contributed by atoms with E-state index in [1.54, 1.807) is 0 Å². The summed E-state index contributed by atoms with van der Waals surface area (Å²) in [6, 6.07) is 0. The average Bonchev–Trinajstić information content (AvgIpc) is 2.99. The lowest BCUT2D eigenvalue weighted by Gasteiger charge is -2.33. The number of nitrogens with one attached hydrogen (secondary N) is 1. The zero-order valence-electron chi connectivity index (χ0n) is 8.55. The minimum atomic E-state index is -0.0319. The van der Waals surface area contributed by atoms with Gasteiger partial charge in [-0.05, 0) is 56.5 Å². The van der Waals surface area contributed by atoms with Crippen molar-refractivity contribution in [3.8, 4) is 0 Å². The third-order valence-corrected chi connectivity index (χ3v) is 4.03. The molecule has 2 fully saturated rings. The molecular formula is C11H21NO. The Kier molecular flexibility index (Phi) is 2.61. The van der Waals surface area contributed by atoms with Crippen LogP contribution in [-0.2, 0) is 0 Å². The molecule has 13 heavy (non-hydrogen) atoms. The summed E-state index contributed by atoms with van der Waals surface area (Å²) < 4.78 is 0. The molecule has 1 atom stereocenters. The molecule has 1 aliphatic heterocycles. The van der Waals surface area contributed by atoms with Crippen molar-refractivity contribution in [3.05, 3.63) is 0 Å². The van der Waals surface area contributed by atoms with E-state index < -0.39 is 0 Å². The first-order chi connectivity index (χ1) is 6.29. The molecule has 1 heterocycles. The molecule has 2 rings (SSSR count). The van der Waals surface area contributed by atoms with Crippen molar-refractivity contribution >= 4 is 0 Å². The minimum absolute atomic E-state index is 0.0319. The van der Waals surface area contributed by atoms with E-state index in [-0.39, 0.29) is 6.10 Å². The van der Waals surface area contributed by atoms with Gasteiger partial charge >= 0.3 is 0 Å². The van der Waals surface area contributed by atoms with E-state index in [1.807, 2.05) is 0 Å². The molecule has 0 spiro atoms. The predicted octanol–water partition coefficient (Wildman–Crippen LogP) is 1.54. The van der Waals surface area contributed by atoms with Crippen molar-refractivity contribution in [1.82, 2.24) is 5.32 Å². The van der Waals surface area contributed by atoms with E-state index in [2.05, 4.69) is 12.2 Å². The molecule has 1 aliphatic carbocycles. The Labute approximate surface area is 80.7 Å². The summed E-state index contributed by atoms with van der Waals surface area (Å²) >= 11 is 0. The Morgan fingerprint density at radius 3 is 2.46 bits per heavy atom. The first-order valence-corrected chi connectivity index (χ1v) is 5.68. The maximum absolute atomic E-state index is 9.98. The summed E-state index contributed by atoms with van der Waals surface area (Å²) in [4.78, 5) is 0. The van der Waals surface area contributed by atoms with Gasteiger partial charge in [-0.3, -0.25) is 0 Å². The smallest absolute Gasteiger partial charge is 0.0596 e. The third-order valence-electron chi connectivity index (χ3n) is 4.03. The molecule has 1 saturated carbocycles. The molecule has 2 N–H and O–H groups in total. The Bertz CT molecular complexity index is 171. The summed E-state index contributed by atoms with van der Waals surface area (Å²) in [7, 11) is 0. The quantitative estimate of drug-likeness (QED) is 0.695. The molecule has 0 amide bonds. The van der Waals surface area contributed by atoms with Crippen LogP contribution in [0.4, 0.5) is 0 Å². The fourth-order valence-corrected chi connectivity index (χ4v) is 2.96. The van der Waals surface area contributed by atoms with E-state index in [4.69, 9.17) is 0 Å². The Morgan fingerprint density at radius 1 is 1.38 bits per heavy atom. The Hall–Kier alpha value is -0.0800. The van der Waals surface area contributed by atoms with Gasteiger partial charge in [-0.2, -0.15) is 0 Å². The number of hydrogen-bond acceptors (Lipinski definition) is 2. The largest absolute Gasteiger partial charge is 0.393 e. The molecule has 0 aromatic heterocycles. The maximum Gasteiger partial charge on any atom is 0.0596 e. The highest BCUT2D eigenvalue weighted by Crippen LogP contribution is 2.57. The molecule has 2 nitrogen and oxygen atoms in total. The van der Waals surface area contributed by atoms with Crippen LogP contribution in [0.5, 0.6) is 0 Å². The maximum atomic E-state index is 9.98. The van der Waals surface area contributed by atoms with Crippen LogP contribution in [0.15, 0.2) is 0 Å². The van der Waals surface area contributed by atoms with Crippen molar-refractivity contribution in [2.75, 3.05) is 13.1 Å². The molecule has 0 bridgehead atoms. The molecular weight excluding hydrogens is 162 g/mol. The van der Waals surface area contributed by atoms with Gasteiger partial charge in [-0.15, -0.1) is 0 Å². The van der Waals surface area contributed by atoms with E-state index in [9.17, 15) is 5.11 Å². The van der Waals surface area contributed by atoms with Gasteiger partial charge in [-0.1, -0.05) is 6.92 Å². The van der Waals surface area contributed by atoms with Gasteiger partial charge in [-0.25, -0.2) is 0 Å². The first kappa shape index (κ1) is 9.47. The molecule has 76 valence electrons. The fourth-order valence-electron chi connectivity index (χ4n) is 2.96. The Balaban J connectivity index is 1.97. The van der Waals surface area contributed by atoms with Crippen molar-refractivity contribution in [2.45, 2.75) is 45.1 Å². The summed E-state index contributed by atoms with van der Waals surface area (Å²) in [5.74, 6) is 0.795. The van der Waals surface area contributed by atoms with Gasteiger partial charge in [0.1, 0.15) is 0 Å². The van der Waals surface area contributed by atoms with Gasteiger partial charge in [0.2, 0.25) is 0 Å². The van der Waals surface area contributed by atoms with Gasteiger partial charge in [0.25, 0.3) is 0 Å². The fraction of sp³-hybridized carbons (Fsp3) is 1.00. The van der Waals surface area contributed by atoms with Crippen LogP contribution in [-0.4, -0.2) is 24.3 Å². The van der Waals surface area contributed by atoms with Crippen LogP contribution in [0.25, 0.3) is 0 Å². The lowest BCUT2D eigenvalue weighted by atomic mass is 9.77. The molecule has 1 unspecified atom stereocenters. The Morgan fingerprint density at radius 2 is 2.00 bits per heavy atom. The van der Waals surface area contributed by atoms with E-state index >= 15 is 0 Å². The number of hydrogen-bond donors (Lipinski definition) is 2. The average molecular weight is 183 g/mol. The van der Waals surface area contributed by atoms with E-state index in [1.165, 1.54) is 25.7 Å². The van der Waals surface area contributed by atoms with Gasteiger partial charge in [0.15, 0.2) is 0 Å². The lowest BCUT2D eigenvalue weighted by molar-refractivity contribution is 0.0398. The highest BCUT2D eigenvalue weighted by molar-refractivity contribution is 5.03. The van der Waals surface area contributed by atoms with Crippen molar-refractivity contribution < 1.29 is 5.11 Å². The van der Waals surface area contributed by atoms with Crippen molar-refractivity contribution in [2.24, 2.45) is 11.3 Å². The molecule has 0 aromatic carbocycles. The standard InChI is InChI=1S/C11H21NO/c1-2-10(13)11(5-6-11)9-3-7-12-8-4-9/h9-10,12-13H,2-8H2,1H3. The number of piperidine rings is 1. The van der Waals surface area contributed by atoms with Crippen LogP contribution < -0.4 is 5.32 Å². The molecule has 2 aliphatic rings. The second kappa shape index (κ2) is 3.58. The van der Waals surface area contributed by atoms with E-state index in [0.29, 0.717) is 5.41 Å². The van der Waals surface area contributed by atoms with Gasteiger partial charge < -0.3 is 10.4 Å². The zero-order chi connectivity index (χ0) is 9.31. The number of aliphatic hydroxyl groups excluding tert-OH is 1. The van der Waals surface area contributed by atoms with Crippen LogP contribution >= 0.6 is 0 Å². The normalized spacial score (nSPS) is 30.0. The number of rotatable bonds is 3. The monoisotopic (exact) mass is 183 g/mol. The van der Waals surface area contributed by atoms with E-state index in [0.717, 1.165) is 25.4 Å². The molecule has 1 saturated heterocycles. The highest BCUT2D eigenvalue weighted by atomic mass is 16.3.